The van der Waals surface area contributed by atoms with E-state index in [2.05, 4.69) is 0 Å². The Morgan fingerprint density at radius 1 is 0.571 bits per heavy atom. The molecule has 0 nitrogen and oxygen atoms in total. The molecule has 7 heteroatoms. The van der Waals surface area contributed by atoms with Gasteiger partial charge in [-0.2, -0.15) is 0 Å². The molecule has 0 saturated heterocycles. The molecular weight excluding hydrogens is 306 g/mol. The molecule has 0 atom stereocenters. The van der Waals surface area contributed by atoms with Crippen LogP contribution in [0.5, 0.6) is 0 Å². The predicted octanol–water partition coefficient (Wildman–Crippen LogP) is 4.13. The first-order valence-corrected chi connectivity index (χ1v) is 18.0. The van der Waals surface area contributed by atoms with E-state index in [1.165, 1.54) is 0 Å². The number of hydrogen-bond donors (Lipinski definition) is 0. The molecule has 0 aliphatic heterocycles. The summed E-state index contributed by atoms with van der Waals surface area (Å²) in [5.74, 6) is 0. The van der Waals surface area contributed by atoms with Crippen molar-refractivity contribution in [2.75, 3.05) is 0 Å². The van der Waals surface area contributed by atoms with Crippen LogP contribution in [0.2, 0.25) is 0 Å². The molecule has 47 valence electrons. The van der Waals surface area contributed by atoms with Crippen molar-refractivity contribution in [2.24, 2.45) is 0 Å². The number of halogens is 6. The number of rotatable bonds is 0. The summed E-state index contributed by atoms with van der Waals surface area (Å²) in [6.45, 7) is 0. The Morgan fingerprint density at radius 3 is 0.571 bits per heavy atom. The van der Waals surface area contributed by atoms with Gasteiger partial charge in [-0.1, -0.05) is 0 Å². The Hall–Kier alpha value is 2.48. The molecule has 0 aromatic rings. The van der Waals surface area contributed by atoms with Gasteiger partial charge in [0, 0.05) is 0 Å². The third-order valence-corrected chi connectivity index (χ3v) is 0. The molecule has 7 heavy (non-hydrogen) atoms. The normalized spacial score (nSPS) is 23.1. The van der Waals surface area contributed by atoms with Crippen LogP contribution >= 0.6 is 55.1 Å². The summed E-state index contributed by atoms with van der Waals surface area (Å²) in [6.07, 6.45) is 0. The van der Waals surface area contributed by atoms with Crippen molar-refractivity contribution in [2.45, 2.75) is 0 Å². The summed E-state index contributed by atoms with van der Waals surface area (Å²) < 4.78 is 0. The van der Waals surface area contributed by atoms with Gasteiger partial charge in [0.2, 0.25) is 0 Å². The van der Waals surface area contributed by atoms with Crippen LogP contribution < -0.4 is 0 Å². The maximum atomic E-state index is 5.06. The Kier molecular flexibility index (Phi) is 2.10. The van der Waals surface area contributed by atoms with E-state index in [0.29, 0.717) is 0 Å². The summed E-state index contributed by atoms with van der Waals surface area (Å²) in [6, 6.07) is 0. The molecule has 0 saturated carbocycles. The summed E-state index contributed by atoms with van der Waals surface area (Å²) in [4.78, 5) is 0. The van der Waals surface area contributed by atoms with Crippen molar-refractivity contribution in [3.8, 4) is 0 Å². The van der Waals surface area contributed by atoms with Gasteiger partial charge in [0.25, 0.3) is 0 Å². The Labute approximate surface area is 62.3 Å². The van der Waals surface area contributed by atoms with E-state index < -0.39 is 8.02 Å². The molecule has 0 heterocycles. The van der Waals surface area contributed by atoms with Crippen LogP contribution in [-0.4, -0.2) is 0 Å². The SMILES string of the molecule is [Cl][Nb]([Cl])([Cl])([Cl])([Cl])[Cl]. The fraction of sp³-hybridized carbons (Fsp3) is 0. The van der Waals surface area contributed by atoms with Crippen molar-refractivity contribution in [1.29, 1.82) is 0 Å². The van der Waals surface area contributed by atoms with Crippen molar-refractivity contribution < 1.29 is 8.02 Å². The van der Waals surface area contributed by atoms with E-state index in [9.17, 15) is 0 Å². The molecule has 0 rings (SSSR count). The van der Waals surface area contributed by atoms with Gasteiger partial charge in [-0.3, -0.25) is 0 Å². The average Bonchev–Trinajstić information content (AvgIpc) is 0.592. The van der Waals surface area contributed by atoms with Crippen LogP contribution in [0, 0.1) is 0 Å². The van der Waals surface area contributed by atoms with Crippen molar-refractivity contribution >= 4 is 55.1 Å². The van der Waals surface area contributed by atoms with Gasteiger partial charge < -0.3 is 0 Å². The first-order valence-electron chi connectivity index (χ1n) is 1.01. The van der Waals surface area contributed by atoms with E-state index in [1.807, 2.05) is 0 Å². The zero-order valence-corrected chi connectivity index (χ0v) is 9.45. The standard InChI is InChI=1S/6ClH.Nb/h6*1H;/q;;;;;;+6/p-6. The van der Waals surface area contributed by atoms with Crippen molar-refractivity contribution in [3.63, 3.8) is 0 Å². The molecule has 0 aliphatic rings. The van der Waals surface area contributed by atoms with Crippen LogP contribution in [-0.2, 0) is 8.02 Å². The van der Waals surface area contributed by atoms with Crippen LogP contribution in [0.4, 0.5) is 0 Å². The molecule has 0 spiro atoms. The van der Waals surface area contributed by atoms with Crippen LogP contribution in [0.3, 0.4) is 0 Å². The third-order valence-electron chi connectivity index (χ3n) is 0. The maximum absolute atomic E-state index is 5.42. The summed E-state index contributed by atoms with van der Waals surface area (Å²) in [5, 5.41) is 0. The van der Waals surface area contributed by atoms with E-state index in [1.54, 1.807) is 0 Å². The van der Waals surface area contributed by atoms with E-state index in [0.717, 1.165) is 0 Å². The quantitative estimate of drug-likeness (QED) is 0.590. The second kappa shape index (κ2) is 1.55. The summed E-state index contributed by atoms with van der Waals surface area (Å²) in [7, 11) is 25.0. The molecule has 0 aliphatic carbocycles. The molecule has 0 amide bonds. The second-order valence-corrected chi connectivity index (χ2v) is 51.0. The zero-order valence-electron chi connectivity index (χ0n) is 2.72. The van der Waals surface area contributed by atoms with Gasteiger partial charge in [-0.15, -0.1) is 0 Å². The fourth-order valence-corrected chi connectivity index (χ4v) is 0. The van der Waals surface area contributed by atoms with Crippen LogP contribution in [0.25, 0.3) is 0 Å². The monoisotopic (exact) mass is 303 g/mol. The fourth-order valence-electron chi connectivity index (χ4n) is 0. The zero-order chi connectivity index (χ0) is 6.41. The Morgan fingerprint density at radius 2 is 0.571 bits per heavy atom. The van der Waals surface area contributed by atoms with E-state index in [4.69, 9.17) is 55.1 Å². The minimum atomic E-state index is -5.42. The first-order chi connectivity index (χ1) is 2.45. The summed E-state index contributed by atoms with van der Waals surface area (Å²) >= 11 is 0. The summed E-state index contributed by atoms with van der Waals surface area (Å²) in [5.41, 5.74) is 0. The van der Waals surface area contributed by atoms with Crippen molar-refractivity contribution in [3.05, 3.63) is 0 Å². The first kappa shape index (κ1) is 9.48. The minimum absolute atomic E-state index is 5.06. The van der Waals surface area contributed by atoms with Gasteiger partial charge in [0.1, 0.15) is 0 Å². The topological polar surface area (TPSA) is 0 Å². The average molecular weight is 306 g/mol. The molecule has 0 bridgehead atoms. The van der Waals surface area contributed by atoms with Gasteiger partial charge in [-0.05, 0) is 0 Å². The van der Waals surface area contributed by atoms with Crippen molar-refractivity contribution in [1.82, 2.24) is 0 Å². The van der Waals surface area contributed by atoms with Gasteiger partial charge in [0.15, 0.2) is 0 Å². The second-order valence-electron chi connectivity index (χ2n) is 0.958. The number of hydrogen-bond acceptors (Lipinski definition) is 0. The van der Waals surface area contributed by atoms with Crippen LogP contribution in [0.15, 0.2) is 0 Å². The van der Waals surface area contributed by atoms with E-state index >= 15 is 0 Å². The van der Waals surface area contributed by atoms with Gasteiger partial charge in [-0.25, -0.2) is 0 Å². The van der Waals surface area contributed by atoms with Crippen LogP contribution in [0.1, 0.15) is 0 Å². The Bertz CT molecular complexity index is 62.7. The molecule has 0 aromatic heterocycles. The molecular formula is Cl6Nb. The third kappa shape index (κ3) is 57.9. The molecule has 0 fully saturated rings. The van der Waals surface area contributed by atoms with Gasteiger partial charge >= 0.3 is 63.2 Å². The molecule has 0 N–H and O–H groups in total. The van der Waals surface area contributed by atoms with E-state index in [-0.39, 0.29) is 0 Å². The predicted molar refractivity (Wildman–Crippen MR) is 35.1 cm³/mol. The molecule has 0 radical (unpaired) electrons. The molecule has 0 aromatic carbocycles. The van der Waals surface area contributed by atoms with Gasteiger partial charge in [0.05, 0.1) is 0 Å². The molecule has 0 unspecified atom stereocenters. The Balaban J connectivity index is 4.43.